The molecule has 0 saturated carbocycles. The number of thiocarbonyl (C=S) groups is 1. The molecule has 0 radical (unpaired) electrons. The Hall–Kier alpha value is -0.590. The third-order valence-electron chi connectivity index (χ3n) is 2.09. The average molecular weight is 289 g/mol. The SMILES string of the molecule is COC(=O)CCCSC(=S)N(C)c1cccs1. The molecular formula is C11H15NO2S3. The second-order valence-electron chi connectivity index (χ2n) is 3.30. The van der Waals surface area contributed by atoms with E-state index in [1.807, 2.05) is 29.5 Å². The van der Waals surface area contributed by atoms with Crippen LogP contribution in [0.2, 0.25) is 0 Å². The molecule has 0 fully saturated rings. The summed E-state index contributed by atoms with van der Waals surface area (Å²) < 4.78 is 5.40. The monoisotopic (exact) mass is 289 g/mol. The van der Waals surface area contributed by atoms with Gasteiger partial charge in [-0.3, -0.25) is 4.79 Å². The molecule has 0 atom stereocenters. The largest absolute Gasteiger partial charge is 0.469 e. The van der Waals surface area contributed by atoms with E-state index in [0.29, 0.717) is 6.42 Å². The molecule has 0 unspecified atom stereocenters. The van der Waals surface area contributed by atoms with E-state index in [-0.39, 0.29) is 5.97 Å². The smallest absolute Gasteiger partial charge is 0.305 e. The predicted molar refractivity (Wildman–Crippen MR) is 79.0 cm³/mol. The number of nitrogens with zero attached hydrogens (tertiary/aromatic N) is 1. The molecule has 0 saturated heterocycles. The predicted octanol–water partition coefficient (Wildman–Crippen LogP) is 3.16. The van der Waals surface area contributed by atoms with Gasteiger partial charge in [-0.25, -0.2) is 0 Å². The van der Waals surface area contributed by atoms with E-state index in [2.05, 4.69) is 4.74 Å². The Morgan fingerprint density at radius 2 is 2.41 bits per heavy atom. The van der Waals surface area contributed by atoms with Crippen LogP contribution >= 0.6 is 35.3 Å². The third-order valence-corrected chi connectivity index (χ3v) is 4.67. The minimum absolute atomic E-state index is 0.164. The highest BCUT2D eigenvalue weighted by Crippen LogP contribution is 2.23. The van der Waals surface area contributed by atoms with Gasteiger partial charge in [0.2, 0.25) is 0 Å². The molecule has 0 aromatic carbocycles. The highest BCUT2D eigenvalue weighted by molar-refractivity contribution is 8.23. The minimum Gasteiger partial charge on any atom is -0.469 e. The van der Waals surface area contributed by atoms with Gasteiger partial charge in [0, 0.05) is 19.2 Å². The van der Waals surface area contributed by atoms with E-state index in [9.17, 15) is 4.79 Å². The lowest BCUT2D eigenvalue weighted by molar-refractivity contribution is -0.140. The first-order chi connectivity index (χ1) is 8.15. The van der Waals surface area contributed by atoms with Gasteiger partial charge in [-0.1, -0.05) is 24.0 Å². The van der Waals surface area contributed by atoms with Crippen molar-refractivity contribution in [1.29, 1.82) is 0 Å². The van der Waals surface area contributed by atoms with Crippen LogP contribution in [0, 0.1) is 0 Å². The number of methoxy groups -OCH3 is 1. The van der Waals surface area contributed by atoms with Crippen LogP contribution < -0.4 is 4.90 Å². The van der Waals surface area contributed by atoms with Crippen molar-refractivity contribution in [2.24, 2.45) is 0 Å². The van der Waals surface area contributed by atoms with Crippen molar-refractivity contribution in [2.45, 2.75) is 12.8 Å². The molecule has 1 heterocycles. The van der Waals surface area contributed by atoms with Gasteiger partial charge in [0.25, 0.3) is 0 Å². The van der Waals surface area contributed by atoms with E-state index < -0.39 is 0 Å². The molecule has 3 nitrogen and oxygen atoms in total. The molecule has 0 spiro atoms. The Bertz CT molecular complexity index is 365. The maximum atomic E-state index is 10.9. The second-order valence-corrected chi connectivity index (χ2v) is 5.96. The Kier molecular flexibility index (Phi) is 6.54. The Morgan fingerprint density at radius 1 is 1.65 bits per heavy atom. The second kappa shape index (κ2) is 7.68. The van der Waals surface area contributed by atoms with Crippen LogP contribution in [0.4, 0.5) is 5.00 Å². The zero-order valence-corrected chi connectivity index (χ0v) is 12.3. The molecule has 0 aliphatic rings. The molecule has 94 valence electrons. The first kappa shape index (κ1) is 14.5. The molecule has 1 aromatic heterocycles. The zero-order valence-electron chi connectivity index (χ0n) is 9.84. The molecule has 0 amide bonds. The molecule has 0 aliphatic heterocycles. The van der Waals surface area contributed by atoms with Crippen LogP contribution in [0.5, 0.6) is 0 Å². The Morgan fingerprint density at radius 3 is 3.00 bits per heavy atom. The normalized spacial score (nSPS) is 10.0. The summed E-state index contributed by atoms with van der Waals surface area (Å²) in [6.07, 6.45) is 1.24. The van der Waals surface area contributed by atoms with Crippen molar-refractivity contribution < 1.29 is 9.53 Å². The van der Waals surface area contributed by atoms with Crippen molar-refractivity contribution in [3.8, 4) is 0 Å². The zero-order chi connectivity index (χ0) is 12.7. The fraction of sp³-hybridized carbons (Fsp3) is 0.455. The van der Waals surface area contributed by atoms with Crippen LogP contribution in [-0.2, 0) is 9.53 Å². The number of anilines is 1. The summed E-state index contributed by atoms with van der Waals surface area (Å²) in [4.78, 5) is 12.9. The van der Waals surface area contributed by atoms with Crippen LogP contribution in [0.1, 0.15) is 12.8 Å². The number of thiophene rings is 1. The highest BCUT2D eigenvalue weighted by atomic mass is 32.2. The van der Waals surface area contributed by atoms with Gasteiger partial charge in [-0.05, 0) is 23.9 Å². The number of rotatable bonds is 5. The van der Waals surface area contributed by atoms with Gasteiger partial charge >= 0.3 is 5.97 Å². The fourth-order valence-electron chi connectivity index (χ4n) is 1.13. The first-order valence-corrected chi connectivity index (χ1v) is 7.43. The van der Waals surface area contributed by atoms with Gasteiger partial charge in [0.15, 0.2) is 0 Å². The Balaban J connectivity index is 2.23. The van der Waals surface area contributed by atoms with Gasteiger partial charge in [-0.2, -0.15) is 0 Å². The lowest BCUT2D eigenvalue weighted by Crippen LogP contribution is -2.20. The minimum atomic E-state index is -0.164. The standard InChI is InChI=1S/C11H15NO2S3/c1-12(9-5-3-7-16-9)11(15)17-8-4-6-10(13)14-2/h3,5,7H,4,6,8H2,1-2H3. The number of thioether (sulfide) groups is 1. The van der Waals surface area contributed by atoms with Gasteiger partial charge in [-0.15, -0.1) is 11.3 Å². The van der Waals surface area contributed by atoms with E-state index in [1.165, 1.54) is 7.11 Å². The summed E-state index contributed by atoms with van der Waals surface area (Å²) in [5.41, 5.74) is 0. The summed E-state index contributed by atoms with van der Waals surface area (Å²) in [6, 6.07) is 4.03. The Labute approximate surface area is 115 Å². The molecule has 6 heteroatoms. The number of esters is 1. The number of ether oxygens (including phenoxy) is 1. The summed E-state index contributed by atoms with van der Waals surface area (Å²) in [5, 5.41) is 3.16. The van der Waals surface area contributed by atoms with Crippen molar-refractivity contribution in [3.05, 3.63) is 17.5 Å². The van der Waals surface area contributed by atoms with Crippen LogP contribution in [0.3, 0.4) is 0 Å². The summed E-state index contributed by atoms with van der Waals surface area (Å²) in [5.74, 6) is 0.673. The summed E-state index contributed by atoms with van der Waals surface area (Å²) in [7, 11) is 3.37. The van der Waals surface area contributed by atoms with Gasteiger partial charge < -0.3 is 9.64 Å². The summed E-state index contributed by atoms with van der Waals surface area (Å²) in [6.45, 7) is 0. The molecule has 0 N–H and O–H groups in total. The lowest BCUT2D eigenvalue weighted by atomic mass is 10.3. The molecule has 1 rings (SSSR count). The lowest BCUT2D eigenvalue weighted by Gasteiger charge is -2.16. The number of carbonyl (C=O) groups is 1. The van der Waals surface area contributed by atoms with Gasteiger partial charge in [0.05, 0.1) is 12.1 Å². The fourth-order valence-corrected chi connectivity index (χ4v) is 3.05. The van der Waals surface area contributed by atoms with Crippen LogP contribution in [-0.4, -0.2) is 30.2 Å². The van der Waals surface area contributed by atoms with E-state index in [0.717, 1.165) is 21.5 Å². The third kappa shape index (κ3) is 5.06. The number of hydrogen-bond donors (Lipinski definition) is 0. The highest BCUT2D eigenvalue weighted by Gasteiger charge is 2.08. The average Bonchev–Trinajstić information content (AvgIpc) is 2.86. The molecule has 1 aromatic rings. The van der Waals surface area contributed by atoms with E-state index in [1.54, 1.807) is 23.1 Å². The topological polar surface area (TPSA) is 29.5 Å². The van der Waals surface area contributed by atoms with Crippen molar-refractivity contribution >= 4 is 50.6 Å². The molecule has 0 aliphatic carbocycles. The quantitative estimate of drug-likeness (QED) is 0.472. The summed E-state index contributed by atoms with van der Waals surface area (Å²) >= 11 is 8.56. The maximum absolute atomic E-state index is 10.9. The maximum Gasteiger partial charge on any atom is 0.305 e. The molecule has 0 bridgehead atoms. The molecule has 17 heavy (non-hydrogen) atoms. The van der Waals surface area contributed by atoms with Crippen molar-refractivity contribution in [3.63, 3.8) is 0 Å². The van der Waals surface area contributed by atoms with Crippen molar-refractivity contribution in [1.82, 2.24) is 0 Å². The first-order valence-electron chi connectivity index (χ1n) is 5.16. The van der Waals surface area contributed by atoms with E-state index >= 15 is 0 Å². The van der Waals surface area contributed by atoms with Gasteiger partial charge in [0.1, 0.15) is 4.32 Å². The van der Waals surface area contributed by atoms with Crippen molar-refractivity contribution in [2.75, 3.05) is 24.8 Å². The number of carbonyl (C=O) groups excluding carboxylic acids is 1. The van der Waals surface area contributed by atoms with Crippen LogP contribution in [0.15, 0.2) is 17.5 Å². The van der Waals surface area contributed by atoms with E-state index in [4.69, 9.17) is 12.2 Å². The molecular weight excluding hydrogens is 274 g/mol. The number of hydrogen-bond acceptors (Lipinski definition) is 5. The van der Waals surface area contributed by atoms with Crippen LogP contribution in [0.25, 0.3) is 0 Å².